The van der Waals surface area contributed by atoms with Crippen LogP contribution in [0.2, 0.25) is 0 Å². The molecule has 0 heterocycles. The standard InChI is InChI=1S/C24H25NO5S/c1-27-19-11-10-18(14-21(19)29-3)31-23-15-22(30-4)20(28-2)12-16(23)13-24(26)25-17-8-6-5-7-9-17/h5-12,14-15H,13H2,1-4H3,(H,25,26). The highest BCUT2D eigenvalue weighted by atomic mass is 32.2. The quantitative estimate of drug-likeness (QED) is 0.503. The number of benzene rings is 3. The van der Waals surface area contributed by atoms with Crippen LogP contribution < -0.4 is 24.3 Å². The fourth-order valence-corrected chi connectivity index (χ4v) is 4.03. The average Bonchev–Trinajstić information content (AvgIpc) is 2.80. The normalized spacial score (nSPS) is 10.3. The number of amides is 1. The van der Waals surface area contributed by atoms with Crippen LogP contribution in [0.4, 0.5) is 5.69 Å². The van der Waals surface area contributed by atoms with Crippen molar-refractivity contribution in [1.29, 1.82) is 0 Å². The summed E-state index contributed by atoms with van der Waals surface area (Å²) in [5.41, 5.74) is 1.58. The molecule has 0 fully saturated rings. The number of anilines is 1. The first-order chi connectivity index (χ1) is 15.1. The zero-order valence-corrected chi connectivity index (χ0v) is 18.7. The predicted octanol–water partition coefficient (Wildman–Crippen LogP) is 5.05. The van der Waals surface area contributed by atoms with Crippen molar-refractivity contribution >= 4 is 23.4 Å². The Labute approximate surface area is 186 Å². The lowest BCUT2D eigenvalue weighted by Gasteiger charge is -2.15. The third-order valence-electron chi connectivity index (χ3n) is 4.56. The third-order valence-corrected chi connectivity index (χ3v) is 5.65. The zero-order chi connectivity index (χ0) is 22.2. The van der Waals surface area contributed by atoms with Gasteiger partial charge in [0.05, 0.1) is 34.9 Å². The van der Waals surface area contributed by atoms with Crippen molar-refractivity contribution in [1.82, 2.24) is 0 Å². The Bertz CT molecular complexity index is 1040. The molecule has 0 bridgehead atoms. The summed E-state index contributed by atoms with van der Waals surface area (Å²) in [5, 5.41) is 2.92. The second-order valence-electron chi connectivity index (χ2n) is 6.52. The molecule has 31 heavy (non-hydrogen) atoms. The summed E-state index contributed by atoms with van der Waals surface area (Å²) in [5.74, 6) is 2.34. The van der Waals surface area contributed by atoms with Crippen LogP contribution in [0.1, 0.15) is 5.56 Å². The highest BCUT2D eigenvalue weighted by Crippen LogP contribution is 2.41. The summed E-state index contributed by atoms with van der Waals surface area (Å²) in [6.07, 6.45) is 0.185. The molecule has 1 amide bonds. The first kappa shape index (κ1) is 22.4. The molecule has 3 rings (SSSR count). The first-order valence-corrected chi connectivity index (χ1v) is 10.4. The third kappa shape index (κ3) is 5.64. The van der Waals surface area contributed by atoms with Gasteiger partial charge in [0.25, 0.3) is 0 Å². The number of carbonyl (C=O) groups excluding carboxylic acids is 1. The lowest BCUT2D eigenvalue weighted by molar-refractivity contribution is -0.115. The molecule has 0 spiro atoms. The Hall–Kier alpha value is -3.32. The van der Waals surface area contributed by atoms with Crippen LogP contribution in [0, 0.1) is 0 Å². The second-order valence-corrected chi connectivity index (χ2v) is 7.64. The summed E-state index contributed by atoms with van der Waals surface area (Å²) < 4.78 is 21.6. The van der Waals surface area contributed by atoms with Crippen LogP contribution in [0.25, 0.3) is 0 Å². The van der Waals surface area contributed by atoms with Gasteiger partial charge in [-0.2, -0.15) is 0 Å². The first-order valence-electron chi connectivity index (χ1n) is 9.57. The lowest BCUT2D eigenvalue weighted by Crippen LogP contribution is -2.15. The number of methoxy groups -OCH3 is 4. The van der Waals surface area contributed by atoms with E-state index in [2.05, 4.69) is 5.32 Å². The second kappa shape index (κ2) is 10.6. The maximum atomic E-state index is 12.7. The molecule has 0 saturated carbocycles. The van der Waals surface area contributed by atoms with E-state index < -0.39 is 0 Å². The summed E-state index contributed by atoms with van der Waals surface area (Å²) in [6, 6.07) is 18.8. The maximum absolute atomic E-state index is 12.7. The van der Waals surface area contributed by atoms with Crippen LogP contribution in [0.3, 0.4) is 0 Å². The Balaban J connectivity index is 1.91. The smallest absolute Gasteiger partial charge is 0.228 e. The molecule has 0 unspecified atom stereocenters. The number of para-hydroxylation sites is 1. The summed E-state index contributed by atoms with van der Waals surface area (Å²) in [7, 11) is 6.36. The number of ether oxygens (including phenoxy) is 4. The van der Waals surface area contributed by atoms with Crippen LogP contribution in [-0.4, -0.2) is 34.3 Å². The zero-order valence-electron chi connectivity index (χ0n) is 17.9. The van der Waals surface area contributed by atoms with Crippen LogP contribution in [0.5, 0.6) is 23.0 Å². The average molecular weight is 440 g/mol. The Morgan fingerprint density at radius 3 is 2.03 bits per heavy atom. The van der Waals surface area contributed by atoms with Gasteiger partial charge in [-0.15, -0.1) is 0 Å². The number of hydrogen-bond donors (Lipinski definition) is 1. The van der Waals surface area contributed by atoms with Crippen LogP contribution >= 0.6 is 11.8 Å². The fraction of sp³-hybridized carbons (Fsp3) is 0.208. The van der Waals surface area contributed by atoms with Gasteiger partial charge >= 0.3 is 0 Å². The van der Waals surface area contributed by atoms with Crippen molar-refractivity contribution in [2.24, 2.45) is 0 Å². The molecule has 0 atom stereocenters. The van der Waals surface area contributed by atoms with Crippen molar-refractivity contribution in [3.05, 3.63) is 66.2 Å². The van der Waals surface area contributed by atoms with Gasteiger partial charge in [-0.25, -0.2) is 0 Å². The van der Waals surface area contributed by atoms with Gasteiger partial charge in [0.1, 0.15) is 0 Å². The van der Waals surface area contributed by atoms with E-state index >= 15 is 0 Å². The minimum atomic E-state index is -0.118. The Kier molecular flexibility index (Phi) is 7.67. The van der Waals surface area contributed by atoms with Crippen molar-refractivity contribution in [3.63, 3.8) is 0 Å². The molecule has 7 heteroatoms. The number of carbonyl (C=O) groups is 1. The summed E-state index contributed by atoms with van der Waals surface area (Å²) in [4.78, 5) is 14.5. The predicted molar refractivity (Wildman–Crippen MR) is 122 cm³/mol. The number of rotatable bonds is 9. The molecule has 0 aromatic heterocycles. The van der Waals surface area contributed by atoms with E-state index in [9.17, 15) is 4.79 Å². The van der Waals surface area contributed by atoms with Crippen LogP contribution in [-0.2, 0) is 11.2 Å². The van der Waals surface area contributed by atoms with Gasteiger partial charge in [0.2, 0.25) is 5.91 Å². The molecule has 0 radical (unpaired) electrons. The Morgan fingerprint density at radius 1 is 0.774 bits per heavy atom. The topological polar surface area (TPSA) is 66.0 Å². The Morgan fingerprint density at radius 2 is 1.39 bits per heavy atom. The largest absolute Gasteiger partial charge is 0.493 e. The minimum Gasteiger partial charge on any atom is -0.493 e. The van der Waals surface area contributed by atoms with Crippen molar-refractivity contribution < 1.29 is 23.7 Å². The van der Waals surface area contributed by atoms with E-state index in [0.29, 0.717) is 23.0 Å². The van der Waals surface area contributed by atoms with Crippen LogP contribution in [0.15, 0.2) is 70.5 Å². The molecule has 0 aliphatic rings. The van der Waals surface area contributed by atoms with E-state index in [4.69, 9.17) is 18.9 Å². The van der Waals surface area contributed by atoms with Gasteiger partial charge in [-0.1, -0.05) is 30.0 Å². The summed E-state index contributed by atoms with van der Waals surface area (Å²) in [6.45, 7) is 0. The number of hydrogen-bond acceptors (Lipinski definition) is 6. The number of nitrogens with one attached hydrogen (secondary N) is 1. The highest BCUT2D eigenvalue weighted by Gasteiger charge is 2.16. The molecule has 1 N–H and O–H groups in total. The molecular weight excluding hydrogens is 414 g/mol. The van der Waals surface area contributed by atoms with Gasteiger partial charge in [0.15, 0.2) is 23.0 Å². The molecule has 3 aromatic carbocycles. The van der Waals surface area contributed by atoms with Gasteiger partial charge in [-0.05, 0) is 48.0 Å². The molecule has 3 aromatic rings. The SMILES string of the molecule is COc1ccc(Sc2cc(OC)c(OC)cc2CC(=O)Nc2ccccc2)cc1OC. The van der Waals surface area contributed by atoms with E-state index in [1.165, 1.54) is 11.8 Å². The minimum absolute atomic E-state index is 0.118. The fourth-order valence-electron chi connectivity index (χ4n) is 3.04. The highest BCUT2D eigenvalue weighted by molar-refractivity contribution is 7.99. The lowest BCUT2D eigenvalue weighted by atomic mass is 10.1. The van der Waals surface area contributed by atoms with E-state index in [0.717, 1.165) is 21.0 Å². The summed E-state index contributed by atoms with van der Waals surface area (Å²) >= 11 is 1.51. The molecule has 162 valence electrons. The van der Waals surface area contributed by atoms with Gasteiger partial charge in [-0.3, -0.25) is 4.79 Å². The van der Waals surface area contributed by atoms with E-state index in [1.54, 1.807) is 28.4 Å². The van der Waals surface area contributed by atoms with E-state index in [1.807, 2.05) is 60.7 Å². The van der Waals surface area contributed by atoms with Gasteiger partial charge in [0, 0.05) is 15.5 Å². The molecule has 0 aliphatic carbocycles. The van der Waals surface area contributed by atoms with Crippen molar-refractivity contribution in [2.45, 2.75) is 16.2 Å². The van der Waals surface area contributed by atoms with Crippen molar-refractivity contribution in [3.8, 4) is 23.0 Å². The van der Waals surface area contributed by atoms with Gasteiger partial charge < -0.3 is 24.3 Å². The molecule has 0 saturated heterocycles. The molecular formula is C24H25NO5S. The molecule has 0 aliphatic heterocycles. The monoisotopic (exact) mass is 439 g/mol. The van der Waals surface area contributed by atoms with E-state index in [-0.39, 0.29) is 12.3 Å². The molecule has 6 nitrogen and oxygen atoms in total. The maximum Gasteiger partial charge on any atom is 0.228 e. The van der Waals surface area contributed by atoms with Crippen molar-refractivity contribution in [2.75, 3.05) is 33.8 Å².